The zero-order valence-electron chi connectivity index (χ0n) is 29.0. The van der Waals surface area contributed by atoms with E-state index in [1.807, 2.05) is 6.08 Å². The normalized spacial score (nSPS) is 23.4. The summed E-state index contributed by atoms with van der Waals surface area (Å²) in [6.45, 7) is 2.16. The van der Waals surface area contributed by atoms with Gasteiger partial charge in [0.15, 0.2) is 0 Å². The Morgan fingerprint density at radius 1 is 1.08 bits per heavy atom. The van der Waals surface area contributed by atoms with E-state index in [0.29, 0.717) is 49.4 Å². The number of hydrogen-bond acceptors (Lipinski definition) is 9. The van der Waals surface area contributed by atoms with E-state index in [-0.39, 0.29) is 41.8 Å². The standard InChI is InChI=1S/C35H44F3N5O7S2/c1-20-40-30(19-51-20)26-13-10-23(35(36,37)38)16-29(26)41-34(47)50-24-17-27(31(39)44)28(18-24)33(46)43(2)14-6-4-3-5-7-21-8-9-22(15-21)32(45)42-52(48,49)25-11-12-25/h5,7,10,13,16,19,21-22,24-25,27-28H,3-4,6,8-9,11-12,14-15,17-18H2,1-2H3,(H2,39,44)(H,41,47)(H,42,45)/b7-5-/t21-,22-,24+,27+,28+/m0/s1. The number of carbonyl (C=O) groups excluding carboxylic acids is 4. The summed E-state index contributed by atoms with van der Waals surface area (Å²) in [5.74, 6) is -3.27. The van der Waals surface area contributed by atoms with Crippen LogP contribution in [0.15, 0.2) is 35.7 Å². The average Bonchev–Trinajstić information content (AvgIpc) is 3.47. The molecule has 1 aromatic heterocycles. The van der Waals surface area contributed by atoms with Crippen molar-refractivity contribution in [3.63, 3.8) is 0 Å². The van der Waals surface area contributed by atoms with Gasteiger partial charge < -0.3 is 15.4 Å². The van der Waals surface area contributed by atoms with Crippen molar-refractivity contribution in [3.05, 3.63) is 46.3 Å². The van der Waals surface area contributed by atoms with Crippen LogP contribution in [-0.2, 0) is 35.3 Å². The summed E-state index contributed by atoms with van der Waals surface area (Å²) in [6, 6.07) is 2.94. The molecule has 4 amide bonds. The van der Waals surface area contributed by atoms with Gasteiger partial charge in [0.1, 0.15) is 6.10 Å². The Hall–Kier alpha value is -3.99. The van der Waals surface area contributed by atoms with E-state index < -0.39 is 62.9 Å². The van der Waals surface area contributed by atoms with Crippen molar-refractivity contribution in [3.8, 4) is 11.3 Å². The summed E-state index contributed by atoms with van der Waals surface area (Å²) in [7, 11) is -1.92. The quantitative estimate of drug-likeness (QED) is 0.160. The van der Waals surface area contributed by atoms with Gasteiger partial charge in [-0.05, 0) is 89.2 Å². The van der Waals surface area contributed by atoms with Gasteiger partial charge in [0.05, 0.1) is 39.0 Å². The van der Waals surface area contributed by atoms with Gasteiger partial charge in [-0.25, -0.2) is 18.2 Å². The molecule has 0 aliphatic heterocycles. The van der Waals surface area contributed by atoms with Gasteiger partial charge in [0.2, 0.25) is 27.7 Å². The molecule has 52 heavy (non-hydrogen) atoms. The fourth-order valence-corrected chi connectivity index (χ4v) is 8.89. The lowest BCUT2D eigenvalue weighted by molar-refractivity contribution is -0.139. The van der Waals surface area contributed by atoms with Gasteiger partial charge in [-0.1, -0.05) is 18.2 Å². The van der Waals surface area contributed by atoms with Crippen LogP contribution < -0.4 is 15.8 Å². The summed E-state index contributed by atoms with van der Waals surface area (Å²) in [5, 5.41) is 4.31. The molecule has 3 aliphatic rings. The van der Waals surface area contributed by atoms with Gasteiger partial charge in [0, 0.05) is 30.5 Å². The Labute approximate surface area is 304 Å². The molecule has 1 aromatic carbocycles. The predicted molar refractivity (Wildman–Crippen MR) is 188 cm³/mol. The Bertz CT molecular complexity index is 1790. The molecule has 17 heteroatoms. The number of primary amides is 1. The first-order valence-electron chi connectivity index (χ1n) is 17.4. The number of unbranched alkanes of at least 4 members (excludes halogenated alkanes) is 2. The third-order valence-electron chi connectivity index (χ3n) is 9.90. The minimum absolute atomic E-state index is 0.00145. The van der Waals surface area contributed by atoms with Crippen LogP contribution in [-0.4, -0.2) is 67.1 Å². The second kappa shape index (κ2) is 16.4. The molecular formula is C35H44F3N5O7S2. The highest BCUT2D eigenvalue weighted by atomic mass is 32.2. The SMILES string of the molecule is Cc1nc(-c2ccc(C(F)(F)F)cc2NC(=O)O[C@@H]2C[C@@H](C(N)=O)[C@H](C(=O)N(C)CCCC/C=C\[C@H]3CC[C@H](C(=O)NS(=O)(=O)C4CC4)C3)C2)cs1. The molecule has 284 valence electrons. The van der Waals surface area contributed by atoms with Crippen molar-refractivity contribution in [1.82, 2.24) is 14.6 Å². The smallest absolute Gasteiger partial charge is 0.416 e. The lowest BCUT2D eigenvalue weighted by Gasteiger charge is -2.23. The second-order valence-corrected chi connectivity index (χ2v) is 16.9. The maximum atomic E-state index is 13.5. The number of benzene rings is 1. The van der Waals surface area contributed by atoms with Crippen molar-refractivity contribution in [2.45, 2.75) is 88.7 Å². The van der Waals surface area contributed by atoms with Crippen LogP contribution in [0, 0.1) is 30.6 Å². The number of nitrogens with zero attached hydrogens (tertiary/aromatic N) is 2. The number of rotatable bonds is 14. The highest BCUT2D eigenvalue weighted by molar-refractivity contribution is 7.90. The number of alkyl halides is 3. The lowest BCUT2D eigenvalue weighted by Crippen LogP contribution is -2.39. The van der Waals surface area contributed by atoms with Crippen molar-refractivity contribution in [2.75, 3.05) is 18.9 Å². The number of sulfonamides is 1. The molecule has 3 aliphatic carbocycles. The maximum Gasteiger partial charge on any atom is 0.416 e. The van der Waals surface area contributed by atoms with Gasteiger partial charge in [-0.15, -0.1) is 11.3 Å². The largest absolute Gasteiger partial charge is 0.446 e. The first-order valence-corrected chi connectivity index (χ1v) is 19.8. The highest BCUT2D eigenvalue weighted by Crippen LogP contribution is 2.38. The Morgan fingerprint density at radius 3 is 2.46 bits per heavy atom. The molecule has 0 unspecified atom stereocenters. The number of amides is 4. The van der Waals surface area contributed by atoms with Crippen LogP contribution in [0.2, 0.25) is 0 Å². The molecule has 0 saturated heterocycles. The number of halogens is 3. The molecule has 0 bridgehead atoms. The number of nitrogens with one attached hydrogen (secondary N) is 2. The second-order valence-electron chi connectivity index (χ2n) is 13.9. The summed E-state index contributed by atoms with van der Waals surface area (Å²) < 4.78 is 72.4. The number of allylic oxidation sites excluding steroid dienone is 2. The van der Waals surface area contributed by atoms with Crippen molar-refractivity contribution < 1.29 is 45.5 Å². The summed E-state index contributed by atoms with van der Waals surface area (Å²) in [4.78, 5) is 56.9. The number of thiazole rings is 1. The lowest BCUT2D eigenvalue weighted by atomic mass is 9.94. The molecule has 5 rings (SSSR count). The molecular weight excluding hydrogens is 724 g/mol. The first kappa shape index (κ1) is 39.2. The van der Waals surface area contributed by atoms with E-state index in [0.717, 1.165) is 31.4 Å². The van der Waals surface area contributed by atoms with Crippen molar-refractivity contribution in [1.29, 1.82) is 0 Å². The molecule has 3 saturated carbocycles. The van der Waals surface area contributed by atoms with Gasteiger partial charge >= 0.3 is 12.3 Å². The first-order chi connectivity index (χ1) is 24.5. The molecule has 4 N–H and O–H groups in total. The van der Waals surface area contributed by atoms with Crippen LogP contribution in [0.3, 0.4) is 0 Å². The van der Waals surface area contributed by atoms with Gasteiger partial charge in [-0.3, -0.25) is 24.4 Å². The van der Waals surface area contributed by atoms with E-state index in [1.165, 1.54) is 22.3 Å². The van der Waals surface area contributed by atoms with Crippen LogP contribution in [0.4, 0.5) is 23.7 Å². The Kier molecular flexibility index (Phi) is 12.3. The zero-order valence-corrected chi connectivity index (χ0v) is 30.6. The number of aromatic nitrogens is 1. The highest BCUT2D eigenvalue weighted by Gasteiger charge is 2.45. The van der Waals surface area contributed by atoms with E-state index in [2.05, 4.69) is 21.1 Å². The fraction of sp³-hybridized carbons (Fsp3) is 0.571. The number of hydrogen-bond donors (Lipinski definition) is 3. The molecule has 0 spiro atoms. The molecule has 12 nitrogen and oxygen atoms in total. The van der Waals surface area contributed by atoms with E-state index >= 15 is 0 Å². The van der Waals surface area contributed by atoms with Crippen molar-refractivity contribution >= 4 is 50.9 Å². The van der Waals surface area contributed by atoms with Gasteiger partial charge in [0.25, 0.3) is 0 Å². The van der Waals surface area contributed by atoms with E-state index in [4.69, 9.17) is 10.5 Å². The Balaban J connectivity index is 1.07. The van der Waals surface area contributed by atoms with Crippen LogP contribution in [0.25, 0.3) is 11.3 Å². The predicted octanol–water partition coefficient (Wildman–Crippen LogP) is 5.78. The molecule has 2 aromatic rings. The summed E-state index contributed by atoms with van der Waals surface area (Å²) in [6.07, 6.45) is 3.03. The van der Waals surface area contributed by atoms with E-state index in [9.17, 15) is 40.8 Å². The third kappa shape index (κ3) is 10.1. The number of carbonyl (C=O) groups is 4. The average molecular weight is 768 g/mol. The molecule has 3 fully saturated rings. The van der Waals surface area contributed by atoms with Crippen molar-refractivity contribution in [2.24, 2.45) is 29.4 Å². The fourth-order valence-electron chi connectivity index (χ4n) is 6.91. The number of nitrogens with two attached hydrogens (primary N) is 1. The number of ether oxygens (including phenoxy) is 1. The monoisotopic (exact) mass is 767 g/mol. The molecule has 1 heterocycles. The van der Waals surface area contributed by atoms with E-state index in [1.54, 1.807) is 19.4 Å². The van der Waals surface area contributed by atoms with Crippen LogP contribution in [0.5, 0.6) is 0 Å². The third-order valence-corrected chi connectivity index (χ3v) is 12.5. The van der Waals surface area contributed by atoms with Crippen LogP contribution in [0.1, 0.15) is 74.8 Å². The van der Waals surface area contributed by atoms with Gasteiger partial charge in [-0.2, -0.15) is 13.2 Å². The zero-order chi connectivity index (χ0) is 37.8. The summed E-state index contributed by atoms with van der Waals surface area (Å²) >= 11 is 1.30. The topological polar surface area (TPSA) is 178 Å². The summed E-state index contributed by atoms with van der Waals surface area (Å²) in [5.41, 5.74) is 5.18. The molecule has 0 radical (unpaired) electrons. The van der Waals surface area contributed by atoms with Crippen LogP contribution >= 0.6 is 11.3 Å². The molecule has 5 atom stereocenters. The minimum atomic E-state index is -4.65. The Morgan fingerprint density at radius 2 is 1.81 bits per heavy atom. The minimum Gasteiger partial charge on any atom is -0.446 e. The number of anilines is 1. The number of aryl methyl sites for hydroxylation is 1. The maximum absolute atomic E-state index is 13.5.